The third-order valence-electron chi connectivity index (χ3n) is 1.46. The third-order valence-corrected chi connectivity index (χ3v) is 1.46. The van der Waals surface area contributed by atoms with E-state index in [1.54, 1.807) is 12.1 Å². The summed E-state index contributed by atoms with van der Waals surface area (Å²) in [6, 6.07) is 6.16. The molecule has 1 aromatic rings. The van der Waals surface area contributed by atoms with E-state index in [2.05, 4.69) is 0 Å². The van der Waals surface area contributed by atoms with Crippen molar-refractivity contribution in [1.82, 2.24) is 0 Å². The molecule has 0 fully saturated rings. The van der Waals surface area contributed by atoms with E-state index >= 15 is 0 Å². The molecule has 6 nitrogen and oxygen atoms in total. The average molecular weight is 170 g/mol. The van der Waals surface area contributed by atoms with Crippen molar-refractivity contribution in [2.24, 2.45) is 11.7 Å². The Morgan fingerprint density at radius 2 is 1.25 bits per heavy atom. The Balaban J connectivity index is 3.09. The topological polar surface area (TPSA) is 107 Å². The highest BCUT2D eigenvalue weighted by atomic mass is 16.5. The lowest BCUT2D eigenvalue weighted by molar-refractivity contribution is -0.819. The molecule has 0 saturated heterocycles. The number of nitrogens with one attached hydrogen (secondary N) is 2. The van der Waals surface area contributed by atoms with Crippen LogP contribution < -0.4 is 22.0 Å². The maximum atomic E-state index is 10.7. The van der Waals surface area contributed by atoms with Gasteiger partial charge in [-0.3, -0.25) is 10.3 Å². The van der Waals surface area contributed by atoms with Crippen LogP contribution in [0.15, 0.2) is 24.3 Å². The van der Waals surface area contributed by atoms with Gasteiger partial charge in [-0.2, -0.15) is 11.7 Å². The first kappa shape index (κ1) is 9.07. The second-order valence-corrected chi connectivity index (χ2v) is 2.27. The third kappa shape index (κ3) is 1.77. The minimum atomic E-state index is -0.649. The Labute approximate surface area is 69.1 Å². The van der Waals surface area contributed by atoms with Gasteiger partial charge in [0.05, 0.1) is 0 Å². The van der Waals surface area contributed by atoms with Crippen molar-refractivity contribution in [3.05, 3.63) is 34.7 Å². The minimum Gasteiger partial charge on any atom is -0.608 e. The Kier molecular flexibility index (Phi) is 2.71. The molecule has 6 N–H and O–H groups in total. The van der Waals surface area contributed by atoms with Crippen LogP contribution in [0.25, 0.3) is 0 Å². The van der Waals surface area contributed by atoms with Gasteiger partial charge in [0.2, 0.25) is 11.4 Å². The number of nitrogen functional groups attached to an aromatic ring is 2. The van der Waals surface area contributed by atoms with E-state index in [1.807, 2.05) is 0 Å². The molecule has 12 heavy (non-hydrogen) atoms. The lowest BCUT2D eigenvalue weighted by Crippen LogP contribution is -3.13. The van der Waals surface area contributed by atoms with Gasteiger partial charge in [0.25, 0.3) is 0 Å². The normalized spacial score (nSPS) is 15.7. The monoisotopic (exact) mass is 170 g/mol. The largest absolute Gasteiger partial charge is 0.608 e. The number of quaternary nitrogens is 2. The molecule has 1 rings (SSSR count). The molecule has 0 amide bonds. The van der Waals surface area contributed by atoms with Crippen molar-refractivity contribution in [3.8, 4) is 0 Å². The predicted octanol–water partition coefficient (Wildman–Crippen LogP) is -2.54. The number of hydrogen-bond acceptors (Lipinski definition) is 4. The smallest absolute Gasteiger partial charge is 0.213 e. The summed E-state index contributed by atoms with van der Waals surface area (Å²) in [7, 11) is 0. The highest BCUT2D eigenvalue weighted by Crippen LogP contribution is 2.09. The Hall–Kier alpha value is -1.02. The molecular formula is C6H10N4O2. The van der Waals surface area contributed by atoms with E-state index in [9.17, 15) is 10.4 Å². The molecule has 0 aliphatic rings. The highest BCUT2D eigenvalue weighted by molar-refractivity contribution is 5.50. The van der Waals surface area contributed by atoms with E-state index in [0.717, 1.165) is 0 Å². The fraction of sp³-hybridized carbons (Fsp3) is 0. The van der Waals surface area contributed by atoms with E-state index in [-0.39, 0.29) is 11.4 Å². The molecule has 0 aromatic heterocycles. The molecule has 0 bridgehead atoms. The molecule has 0 spiro atoms. The van der Waals surface area contributed by atoms with Gasteiger partial charge in [0, 0.05) is 12.1 Å². The Bertz CT molecular complexity index is 236. The van der Waals surface area contributed by atoms with Crippen LogP contribution >= 0.6 is 0 Å². The summed E-state index contributed by atoms with van der Waals surface area (Å²) in [5.74, 6) is 10.0. The summed E-state index contributed by atoms with van der Waals surface area (Å²) in [5.41, 5.74) is 0.315. The number of nitrogens with two attached hydrogens (primary N) is 2. The molecule has 0 aliphatic heterocycles. The zero-order chi connectivity index (χ0) is 9.14. The summed E-state index contributed by atoms with van der Waals surface area (Å²) in [4.78, 5) is 0. The van der Waals surface area contributed by atoms with Crippen LogP contribution in [0.1, 0.15) is 0 Å². The second-order valence-electron chi connectivity index (χ2n) is 2.27. The first-order valence-electron chi connectivity index (χ1n) is 3.31. The molecule has 0 heterocycles. The number of rotatable bonds is 2. The minimum absolute atomic E-state index is 0.157. The van der Waals surface area contributed by atoms with Gasteiger partial charge in [-0.15, -0.1) is 0 Å². The highest BCUT2D eigenvalue weighted by Gasteiger charge is 2.10. The maximum Gasteiger partial charge on any atom is 0.213 e. The Morgan fingerprint density at radius 1 is 0.917 bits per heavy atom. The van der Waals surface area contributed by atoms with Crippen LogP contribution in [0.4, 0.5) is 11.4 Å². The van der Waals surface area contributed by atoms with Crippen LogP contribution in [0.3, 0.4) is 0 Å². The molecular weight excluding hydrogens is 160 g/mol. The summed E-state index contributed by atoms with van der Waals surface area (Å²) in [6.07, 6.45) is 0. The van der Waals surface area contributed by atoms with Gasteiger partial charge < -0.3 is 10.4 Å². The van der Waals surface area contributed by atoms with Gasteiger partial charge in [-0.05, 0) is 0 Å². The fourth-order valence-electron chi connectivity index (χ4n) is 0.913. The quantitative estimate of drug-likeness (QED) is 0.290. The molecule has 1 aromatic carbocycles. The van der Waals surface area contributed by atoms with Gasteiger partial charge in [-0.25, -0.2) is 0 Å². The van der Waals surface area contributed by atoms with Gasteiger partial charge in [0.1, 0.15) is 0 Å². The lowest BCUT2D eigenvalue weighted by Gasteiger charge is -2.20. The summed E-state index contributed by atoms with van der Waals surface area (Å²) >= 11 is 0. The summed E-state index contributed by atoms with van der Waals surface area (Å²) < 4.78 is 0. The van der Waals surface area contributed by atoms with Crippen LogP contribution in [0, 0.1) is 10.4 Å². The summed E-state index contributed by atoms with van der Waals surface area (Å²) in [6.45, 7) is 0. The lowest BCUT2D eigenvalue weighted by atomic mass is 10.3. The SMILES string of the molecule is N[NH+]([O-])c1ccccc1[NH+](N)[O-]. The van der Waals surface area contributed by atoms with Gasteiger partial charge >= 0.3 is 0 Å². The standard InChI is InChI=1S/C6H10N4O2/c7-9(11)5-3-1-2-4-6(5)10(8)12/h1-4,9-10H,7-8H2. The maximum absolute atomic E-state index is 10.7. The van der Waals surface area contributed by atoms with Crippen LogP contribution in [0.2, 0.25) is 0 Å². The van der Waals surface area contributed by atoms with E-state index in [4.69, 9.17) is 11.7 Å². The predicted molar refractivity (Wildman–Crippen MR) is 42.8 cm³/mol. The zero-order valence-corrected chi connectivity index (χ0v) is 6.28. The van der Waals surface area contributed by atoms with E-state index < -0.39 is 10.3 Å². The second kappa shape index (κ2) is 3.59. The number of hydrogen-bond donors (Lipinski definition) is 4. The first-order valence-corrected chi connectivity index (χ1v) is 3.31. The Morgan fingerprint density at radius 3 is 1.50 bits per heavy atom. The fourth-order valence-corrected chi connectivity index (χ4v) is 0.913. The molecule has 0 aliphatic carbocycles. The molecule has 6 heteroatoms. The average Bonchev–Trinajstić information content (AvgIpc) is 2.04. The van der Waals surface area contributed by atoms with Crippen molar-refractivity contribution < 1.29 is 10.3 Å². The van der Waals surface area contributed by atoms with E-state index in [1.165, 1.54) is 12.1 Å². The van der Waals surface area contributed by atoms with Gasteiger partial charge in [-0.1, -0.05) is 12.1 Å². The van der Waals surface area contributed by atoms with Gasteiger partial charge in [0.15, 0.2) is 0 Å². The molecule has 0 saturated carbocycles. The number of benzene rings is 1. The van der Waals surface area contributed by atoms with Crippen molar-refractivity contribution in [1.29, 1.82) is 0 Å². The molecule has 0 radical (unpaired) electrons. The van der Waals surface area contributed by atoms with E-state index in [0.29, 0.717) is 0 Å². The van der Waals surface area contributed by atoms with Crippen LogP contribution in [-0.4, -0.2) is 0 Å². The van der Waals surface area contributed by atoms with Crippen molar-refractivity contribution in [2.45, 2.75) is 0 Å². The van der Waals surface area contributed by atoms with Crippen LogP contribution in [-0.2, 0) is 0 Å². The molecule has 2 atom stereocenters. The molecule has 66 valence electrons. The summed E-state index contributed by atoms with van der Waals surface area (Å²) in [5, 5.41) is 20.2. The molecule has 2 unspecified atom stereocenters. The van der Waals surface area contributed by atoms with Crippen molar-refractivity contribution in [3.63, 3.8) is 0 Å². The van der Waals surface area contributed by atoms with Crippen molar-refractivity contribution in [2.75, 3.05) is 0 Å². The zero-order valence-electron chi connectivity index (χ0n) is 6.28. The first-order chi connectivity index (χ1) is 5.63. The van der Waals surface area contributed by atoms with Crippen molar-refractivity contribution >= 4 is 11.4 Å². The van der Waals surface area contributed by atoms with Crippen LogP contribution in [0.5, 0.6) is 0 Å².